The van der Waals surface area contributed by atoms with Crippen molar-refractivity contribution in [1.29, 1.82) is 0 Å². The lowest BCUT2D eigenvalue weighted by molar-refractivity contribution is -0.141. The molecule has 1 atom stereocenters. The van der Waals surface area contributed by atoms with E-state index in [1.165, 1.54) is 0 Å². The van der Waals surface area contributed by atoms with Crippen LogP contribution in [0.5, 0.6) is 5.75 Å². The number of hydrogen-bond donors (Lipinski definition) is 1. The molecule has 1 fully saturated rings. The Hall–Kier alpha value is -2.53. The molecule has 32 heavy (non-hydrogen) atoms. The average molecular weight is 457 g/mol. The molecule has 6 heteroatoms. The first kappa shape index (κ1) is 24.1. The molecule has 2 amide bonds. The second kappa shape index (κ2) is 12.5. The highest BCUT2D eigenvalue weighted by Crippen LogP contribution is 2.20. The molecular formula is C26H33ClN2O3. The van der Waals surface area contributed by atoms with Crippen LogP contribution >= 0.6 is 11.6 Å². The van der Waals surface area contributed by atoms with Crippen LogP contribution in [0, 0.1) is 0 Å². The maximum atomic E-state index is 13.2. The summed E-state index contributed by atoms with van der Waals surface area (Å²) in [6.45, 7) is 2.82. The molecule has 1 aliphatic rings. The van der Waals surface area contributed by atoms with Gasteiger partial charge in [-0.05, 0) is 55.5 Å². The van der Waals surface area contributed by atoms with Gasteiger partial charge in [0, 0.05) is 24.0 Å². The van der Waals surface area contributed by atoms with E-state index in [-0.39, 0.29) is 17.9 Å². The van der Waals surface area contributed by atoms with Crippen LogP contribution in [0.3, 0.4) is 0 Å². The topological polar surface area (TPSA) is 58.6 Å². The molecule has 0 bridgehead atoms. The molecule has 1 saturated carbocycles. The number of nitrogens with zero attached hydrogens (tertiary/aromatic N) is 1. The summed E-state index contributed by atoms with van der Waals surface area (Å²) >= 11 is 5.90. The molecule has 172 valence electrons. The van der Waals surface area contributed by atoms with Crippen molar-refractivity contribution in [2.75, 3.05) is 6.61 Å². The number of hydrogen-bond acceptors (Lipinski definition) is 3. The van der Waals surface area contributed by atoms with Crippen LogP contribution in [-0.4, -0.2) is 35.4 Å². The second-order valence-electron chi connectivity index (χ2n) is 8.33. The smallest absolute Gasteiger partial charge is 0.243 e. The average Bonchev–Trinajstić information content (AvgIpc) is 3.31. The van der Waals surface area contributed by atoms with Crippen LogP contribution in [0.15, 0.2) is 54.6 Å². The van der Waals surface area contributed by atoms with Crippen LogP contribution < -0.4 is 10.1 Å². The zero-order valence-corrected chi connectivity index (χ0v) is 19.5. The fraction of sp³-hybridized carbons (Fsp3) is 0.462. The number of carbonyl (C=O) groups excluding carboxylic acids is 2. The molecular weight excluding hydrogens is 424 g/mol. The van der Waals surface area contributed by atoms with Gasteiger partial charge in [0.2, 0.25) is 11.8 Å². The predicted molar refractivity (Wildman–Crippen MR) is 128 cm³/mol. The number of amides is 2. The Labute approximate surface area is 196 Å². The minimum absolute atomic E-state index is 0.0259. The third kappa shape index (κ3) is 7.27. The van der Waals surface area contributed by atoms with Crippen molar-refractivity contribution in [3.05, 3.63) is 65.2 Å². The Morgan fingerprint density at radius 3 is 2.44 bits per heavy atom. The zero-order valence-electron chi connectivity index (χ0n) is 18.8. The quantitative estimate of drug-likeness (QED) is 0.463. The number of rotatable bonds is 11. The van der Waals surface area contributed by atoms with Gasteiger partial charge in [0.05, 0.1) is 6.61 Å². The van der Waals surface area contributed by atoms with Crippen LogP contribution in [0.4, 0.5) is 0 Å². The number of ether oxygens (including phenoxy) is 1. The zero-order chi connectivity index (χ0) is 22.8. The lowest BCUT2D eigenvalue weighted by Crippen LogP contribution is -2.50. The van der Waals surface area contributed by atoms with Crippen molar-refractivity contribution in [1.82, 2.24) is 10.2 Å². The van der Waals surface area contributed by atoms with E-state index in [1.54, 1.807) is 17.0 Å². The Bertz CT molecular complexity index is 851. The van der Waals surface area contributed by atoms with Gasteiger partial charge in [-0.15, -0.1) is 0 Å². The number of halogens is 1. The standard InChI is InChI=1S/C26H33ClN2O3/c1-2-24(26(31)28-22-11-6-7-12-22)29(19-20-9-4-3-5-10-20)25(30)13-8-18-32-23-16-14-21(27)15-17-23/h3-5,9-10,14-17,22,24H,2,6-8,11-13,18-19H2,1H3,(H,28,31)/t24-/m1/s1. The molecule has 0 heterocycles. The first-order valence-corrected chi connectivity index (χ1v) is 12.0. The molecule has 1 aliphatic carbocycles. The van der Waals surface area contributed by atoms with E-state index >= 15 is 0 Å². The Morgan fingerprint density at radius 1 is 1.09 bits per heavy atom. The monoisotopic (exact) mass is 456 g/mol. The number of benzene rings is 2. The Morgan fingerprint density at radius 2 is 1.78 bits per heavy atom. The molecule has 0 spiro atoms. The van der Waals surface area contributed by atoms with Gasteiger partial charge in [0.25, 0.3) is 0 Å². The van der Waals surface area contributed by atoms with E-state index in [0.717, 1.165) is 37.0 Å². The lowest BCUT2D eigenvalue weighted by Gasteiger charge is -2.31. The van der Waals surface area contributed by atoms with Crippen molar-refractivity contribution in [3.63, 3.8) is 0 Å². The van der Waals surface area contributed by atoms with E-state index < -0.39 is 6.04 Å². The van der Waals surface area contributed by atoms with Crippen molar-refractivity contribution >= 4 is 23.4 Å². The van der Waals surface area contributed by atoms with E-state index in [9.17, 15) is 9.59 Å². The van der Waals surface area contributed by atoms with Gasteiger partial charge >= 0.3 is 0 Å². The number of carbonyl (C=O) groups is 2. The van der Waals surface area contributed by atoms with Gasteiger partial charge in [0.15, 0.2) is 0 Å². The third-order valence-corrected chi connectivity index (χ3v) is 6.15. The highest BCUT2D eigenvalue weighted by Gasteiger charge is 2.30. The lowest BCUT2D eigenvalue weighted by atomic mass is 10.1. The highest BCUT2D eigenvalue weighted by molar-refractivity contribution is 6.30. The SMILES string of the molecule is CC[C@H](C(=O)NC1CCCC1)N(Cc1ccccc1)C(=O)CCCOc1ccc(Cl)cc1. The van der Waals surface area contributed by atoms with E-state index in [0.29, 0.717) is 37.4 Å². The van der Waals surface area contributed by atoms with Gasteiger partial charge in [-0.1, -0.05) is 61.7 Å². The summed E-state index contributed by atoms with van der Waals surface area (Å²) in [4.78, 5) is 28.0. The van der Waals surface area contributed by atoms with Crippen molar-refractivity contribution in [3.8, 4) is 5.75 Å². The van der Waals surface area contributed by atoms with Crippen molar-refractivity contribution < 1.29 is 14.3 Å². The van der Waals surface area contributed by atoms with Crippen molar-refractivity contribution in [2.45, 2.75) is 70.5 Å². The molecule has 0 saturated heterocycles. The van der Waals surface area contributed by atoms with Gasteiger partial charge in [-0.3, -0.25) is 9.59 Å². The summed E-state index contributed by atoms with van der Waals surface area (Å²) in [5, 5.41) is 3.83. The van der Waals surface area contributed by atoms with E-state index in [2.05, 4.69) is 5.32 Å². The molecule has 0 aromatic heterocycles. The molecule has 0 unspecified atom stereocenters. The molecule has 2 aromatic carbocycles. The molecule has 0 aliphatic heterocycles. The van der Waals surface area contributed by atoms with Gasteiger partial charge in [0.1, 0.15) is 11.8 Å². The molecule has 5 nitrogen and oxygen atoms in total. The predicted octanol–water partition coefficient (Wildman–Crippen LogP) is 5.37. The summed E-state index contributed by atoms with van der Waals surface area (Å²) in [5.74, 6) is 0.661. The molecule has 2 aromatic rings. The molecule has 3 rings (SSSR count). The Balaban J connectivity index is 1.61. The van der Waals surface area contributed by atoms with E-state index in [4.69, 9.17) is 16.3 Å². The summed E-state index contributed by atoms with van der Waals surface area (Å²) in [7, 11) is 0. The minimum Gasteiger partial charge on any atom is -0.494 e. The van der Waals surface area contributed by atoms with Gasteiger partial charge in [-0.2, -0.15) is 0 Å². The maximum Gasteiger partial charge on any atom is 0.243 e. The number of nitrogens with one attached hydrogen (secondary N) is 1. The third-order valence-electron chi connectivity index (χ3n) is 5.90. The summed E-state index contributed by atoms with van der Waals surface area (Å²) in [6, 6.07) is 16.8. The van der Waals surface area contributed by atoms with E-state index in [1.807, 2.05) is 49.4 Å². The van der Waals surface area contributed by atoms with Crippen molar-refractivity contribution in [2.24, 2.45) is 0 Å². The first-order chi connectivity index (χ1) is 15.6. The fourth-order valence-electron chi connectivity index (χ4n) is 4.15. The normalized spacial score (nSPS) is 14.7. The fourth-order valence-corrected chi connectivity index (χ4v) is 4.28. The van der Waals surface area contributed by atoms with Crippen LogP contribution in [-0.2, 0) is 16.1 Å². The summed E-state index contributed by atoms with van der Waals surface area (Å²) < 4.78 is 5.72. The minimum atomic E-state index is -0.472. The van der Waals surface area contributed by atoms with Crippen LogP contribution in [0.25, 0.3) is 0 Å². The Kier molecular flexibility index (Phi) is 9.42. The summed E-state index contributed by atoms with van der Waals surface area (Å²) in [5.41, 5.74) is 1.02. The maximum absolute atomic E-state index is 13.2. The largest absolute Gasteiger partial charge is 0.494 e. The van der Waals surface area contributed by atoms with Gasteiger partial charge in [-0.25, -0.2) is 0 Å². The van der Waals surface area contributed by atoms with Crippen LogP contribution in [0.1, 0.15) is 57.4 Å². The first-order valence-electron chi connectivity index (χ1n) is 11.6. The van der Waals surface area contributed by atoms with Crippen LogP contribution in [0.2, 0.25) is 5.02 Å². The molecule has 0 radical (unpaired) electrons. The molecule has 1 N–H and O–H groups in total. The summed E-state index contributed by atoms with van der Waals surface area (Å²) in [6.07, 6.45) is 5.84. The van der Waals surface area contributed by atoms with Gasteiger partial charge < -0.3 is 15.0 Å². The second-order valence-corrected chi connectivity index (χ2v) is 8.76. The highest BCUT2D eigenvalue weighted by atomic mass is 35.5.